The van der Waals surface area contributed by atoms with Gasteiger partial charge < -0.3 is 4.90 Å². The van der Waals surface area contributed by atoms with Crippen molar-refractivity contribution in [1.82, 2.24) is 29.8 Å². The minimum absolute atomic E-state index is 0.0106. The van der Waals surface area contributed by atoms with Gasteiger partial charge in [-0.1, -0.05) is 0 Å². The largest absolute Gasteiger partial charge is 0.345 e. The van der Waals surface area contributed by atoms with E-state index in [1.165, 1.54) is 5.56 Å². The predicted octanol–water partition coefficient (Wildman–Crippen LogP) is 1.32. The summed E-state index contributed by atoms with van der Waals surface area (Å²) in [4.78, 5) is 16.2. The Hall–Kier alpha value is -2.15. The van der Waals surface area contributed by atoms with Gasteiger partial charge in [-0.15, -0.1) is 0 Å². The van der Waals surface area contributed by atoms with Gasteiger partial charge in [-0.25, -0.2) is 0 Å². The number of nitrogens with one attached hydrogen (secondary N) is 1. The van der Waals surface area contributed by atoms with Gasteiger partial charge in [-0.05, 0) is 19.9 Å². The van der Waals surface area contributed by atoms with Crippen LogP contribution in [-0.4, -0.2) is 62.9 Å². The Morgan fingerprint density at radius 2 is 2.26 bits per heavy atom. The lowest BCUT2D eigenvalue weighted by Crippen LogP contribution is -2.24. The lowest BCUT2D eigenvalue weighted by molar-refractivity contribution is 0.0826. The molecule has 1 fully saturated rings. The van der Waals surface area contributed by atoms with E-state index in [9.17, 15) is 4.79 Å². The highest BCUT2D eigenvalue weighted by Crippen LogP contribution is 2.29. The predicted molar refractivity (Wildman–Crippen MR) is 87.1 cm³/mol. The van der Waals surface area contributed by atoms with E-state index in [1.54, 1.807) is 25.2 Å². The second-order valence-corrected chi connectivity index (χ2v) is 6.32. The van der Waals surface area contributed by atoms with E-state index < -0.39 is 0 Å². The third kappa shape index (κ3) is 3.29. The summed E-state index contributed by atoms with van der Waals surface area (Å²) >= 11 is 0. The molecule has 7 nitrogen and oxygen atoms in total. The summed E-state index contributed by atoms with van der Waals surface area (Å²) in [6.07, 6.45) is 6.72. The van der Waals surface area contributed by atoms with Crippen molar-refractivity contribution < 1.29 is 4.79 Å². The van der Waals surface area contributed by atoms with Crippen LogP contribution in [0.4, 0.5) is 0 Å². The summed E-state index contributed by atoms with van der Waals surface area (Å²) in [5.41, 5.74) is 2.90. The van der Waals surface area contributed by atoms with Crippen LogP contribution in [0.5, 0.6) is 0 Å². The van der Waals surface area contributed by atoms with Crippen LogP contribution in [0.25, 0.3) is 0 Å². The Kier molecular flexibility index (Phi) is 4.47. The van der Waals surface area contributed by atoms with Crippen molar-refractivity contribution in [2.45, 2.75) is 32.4 Å². The zero-order valence-electron chi connectivity index (χ0n) is 14.0. The second-order valence-electron chi connectivity index (χ2n) is 6.32. The summed E-state index contributed by atoms with van der Waals surface area (Å²) in [6.45, 7) is 5.85. The second kappa shape index (κ2) is 6.54. The number of rotatable bonds is 5. The Morgan fingerprint density at radius 1 is 1.43 bits per heavy atom. The molecule has 3 heterocycles. The molecule has 1 amide bonds. The van der Waals surface area contributed by atoms with Crippen molar-refractivity contribution in [2.75, 3.05) is 27.2 Å². The number of carbonyl (C=O) groups excluding carboxylic acids is 1. The molecule has 7 heteroatoms. The van der Waals surface area contributed by atoms with Crippen molar-refractivity contribution in [3.63, 3.8) is 0 Å². The van der Waals surface area contributed by atoms with Crippen LogP contribution >= 0.6 is 0 Å². The highest BCUT2D eigenvalue weighted by molar-refractivity contribution is 5.94. The van der Waals surface area contributed by atoms with E-state index in [0.717, 1.165) is 38.3 Å². The molecular formula is C16H24N6O. The fraction of sp³-hybridized carbons (Fsp3) is 0.562. The molecule has 2 aromatic heterocycles. The maximum atomic E-state index is 12.2. The first-order valence-electron chi connectivity index (χ1n) is 8.07. The van der Waals surface area contributed by atoms with Gasteiger partial charge in [-0.3, -0.25) is 19.5 Å². The Bertz CT molecular complexity index is 674. The number of aromatic nitrogens is 4. The SMILES string of the molecule is CCn1cc(CN2CC[C@H](c3[nH]ncc3C(=O)N(C)C)C2)cn1. The first-order chi connectivity index (χ1) is 11.1. The third-order valence-electron chi connectivity index (χ3n) is 4.40. The minimum atomic E-state index is 0.0106. The number of hydrogen-bond donors (Lipinski definition) is 1. The Balaban J connectivity index is 1.66. The molecule has 3 rings (SSSR count). The Morgan fingerprint density at radius 3 is 2.96 bits per heavy atom. The number of carbonyl (C=O) groups is 1. The zero-order valence-corrected chi connectivity index (χ0v) is 14.0. The normalized spacial score (nSPS) is 18.5. The summed E-state index contributed by atoms with van der Waals surface area (Å²) in [7, 11) is 3.54. The van der Waals surface area contributed by atoms with Crippen LogP contribution < -0.4 is 0 Å². The molecule has 0 saturated carbocycles. The van der Waals surface area contributed by atoms with Crippen molar-refractivity contribution in [2.24, 2.45) is 0 Å². The molecule has 0 aromatic carbocycles. The number of hydrogen-bond acceptors (Lipinski definition) is 4. The van der Waals surface area contributed by atoms with Gasteiger partial charge in [0.1, 0.15) is 0 Å². The average molecular weight is 316 g/mol. The molecule has 1 atom stereocenters. The first-order valence-corrected chi connectivity index (χ1v) is 8.07. The Labute approximate surface area is 136 Å². The zero-order chi connectivity index (χ0) is 16.4. The number of nitrogens with zero attached hydrogens (tertiary/aromatic N) is 5. The molecule has 0 unspecified atom stereocenters. The number of amides is 1. The average Bonchev–Trinajstić information content (AvgIpc) is 3.26. The fourth-order valence-electron chi connectivity index (χ4n) is 3.15. The maximum absolute atomic E-state index is 12.2. The van der Waals surface area contributed by atoms with Gasteiger partial charge >= 0.3 is 0 Å². The van der Waals surface area contributed by atoms with Gasteiger partial charge in [0.05, 0.1) is 23.7 Å². The van der Waals surface area contributed by atoms with Crippen LogP contribution in [0.3, 0.4) is 0 Å². The molecule has 0 spiro atoms. The van der Waals surface area contributed by atoms with E-state index in [-0.39, 0.29) is 5.91 Å². The lowest BCUT2D eigenvalue weighted by Gasteiger charge is -2.16. The smallest absolute Gasteiger partial charge is 0.256 e. The number of H-pyrrole nitrogens is 1. The molecule has 23 heavy (non-hydrogen) atoms. The molecule has 0 bridgehead atoms. The highest BCUT2D eigenvalue weighted by Gasteiger charge is 2.29. The quantitative estimate of drug-likeness (QED) is 0.903. The number of aryl methyl sites for hydroxylation is 1. The summed E-state index contributed by atoms with van der Waals surface area (Å²) in [5, 5.41) is 11.5. The number of aromatic amines is 1. The molecule has 1 aliphatic heterocycles. The van der Waals surface area contributed by atoms with Crippen molar-refractivity contribution >= 4 is 5.91 Å². The van der Waals surface area contributed by atoms with Gasteiger partial charge in [0.2, 0.25) is 0 Å². The van der Waals surface area contributed by atoms with Gasteiger partial charge in [0.15, 0.2) is 0 Å². The molecule has 1 saturated heterocycles. The third-order valence-corrected chi connectivity index (χ3v) is 4.40. The van der Waals surface area contributed by atoms with E-state index in [1.807, 2.05) is 10.9 Å². The molecular weight excluding hydrogens is 292 g/mol. The highest BCUT2D eigenvalue weighted by atomic mass is 16.2. The van der Waals surface area contributed by atoms with Gasteiger partial charge in [0.25, 0.3) is 5.91 Å². The molecule has 0 radical (unpaired) electrons. The lowest BCUT2D eigenvalue weighted by atomic mass is 10.0. The minimum Gasteiger partial charge on any atom is -0.345 e. The molecule has 124 valence electrons. The van der Waals surface area contributed by atoms with Crippen molar-refractivity contribution in [1.29, 1.82) is 0 Å². The van der Waals surface area contributed by atoms with Crippen molar-refractivity contribution in [3.05, 3.63) is 35.4 Å². The molecule has 0 aliphatic carbocycles. The van der Waals surface area contributed by atoms with Gasteiger partial charge in [-0.2, -0.15) is 10.2 Å². The fourth-order valence-corrected chi connectivity index (χ4v) is 3.15. The summed E-state index contributed by atoms with van der Waals surface area (Å²) in [5.74, 6) is 0.342. The van der Waals surface area contributed by atoms with Crippen LogP contribution in [0.1, 0.15) is 40.9 Å². The van der Waals surface area contributed by atoms with E-state index in [4.69, 9.17) is 0 Å². The van der Waals surface area contributed by atoms with Crippen LogP contribution in [-0.2, 0) is 13.1 Å². The summed E-state index contributed by atoms with van der Waals surface area (Å²) < 4.78 is 1.95. The van der Waals surface area contributed by atoms with E-state index in [2.05, 4.69) is 33.3 Å². The van der Waals surface area contributed by atoms with Crippen LogP contribution in [0.15, 0.2) is 18.6 Å². The first kappa shape index (κ1) is 15.7. The number of likely N-dealkylation sites (tertiary alicyclic amines) is 1. The molecule has 1 aliphatic rings. The van der Waals surface area contributed by atoms with Crippen molar-refractivity contribution in [3.8, 4) is 0 Å². The topological polar surface area (TPSA) is 70.1 Å². The van der Waals surface area contributed by atoms with E-state index in [0.29, 0.717) is 11.5 Å². The standard InChI is InChI=1S/C16H24N6O/c1-4-22-10-12(7-18-22)9-21-6-5-13(11-21)15-14(8-17-19-15)16(23)20(2)3/h7-8,10,13H,4-6,9,11H2,1-3H3,(H,17,19)/t13-/m0/s1. The maximum Gasteiger partial charge on any atom is 0.256 e. The van der Waals surface area contributed by atoms with Crippen LogP contribution in [0.2, 0.25) is 0 Å². The molecule has 2 aromatic rings. The van der Waals surface area contributed by atoms with Gasteiger partial charge in [0, 0.05) is 51.4 Å². The van der Waals surface area contributed by atoms with Crippen LogP contribution in [0, 0.1) is 0 Å². The van der Waals surface area contributed by atoms with E-state index >= 15 is 0 Å². The monoisotopic (exact) mass is 316 g/mol. The molecule has 1 N–H and O–H groups in total. The summed E-state index contributed by atoms with van der Waals surface area (Å²) in [6, 6.07) is 0.